The SMILES string of the molecule is CCSc1nc2sc3c(c2c(=O)n1-c1ccccc1)C[C@](C)(CC)OC3. The van der Waals surface area contributed by atoms with Crippen molar-refractivity contribution >= 4 is 33.3 Å². The Kier molecular flexibility index (Phi) is 4.67. The van der Waals surface area contributed by atoms with E-state index in [2.05, 4.69) is 20.8 Å². The van der Waals surface area contributed by atoms with Gasteiger partial charge in [0.25, 0.3) is 5.56 Å². The summed E-state index contributed by atoms with van der Waals surface area (Å²) >= 11 is 3.21. The van der Waals surface area contributed by atoms with Gasteiger partial charge in [0.2, 0.25) is 0 Å². The Balaban J connectivity index is 2.00. The summed E-state index contributed by atoms with van der Waals surface area (Å²) in [5.74, 6) is 0.868. The van der Waals surface area contributed by atoms with Crippen LogP contribution in [0.15, 0.2) is 40.3 Å². The van der Waals surface area contributed by atoms with Crippen molar-refractivity contribution in [3.05, 3.63) is 51.1 Å². The van der Waals surface area contributed by atoms with Gasteiger partial charge < -0.3 is 4.74 Å². The zero-order chi connectivity index (χ0) is 18.3. The Morgan fingerprint density at radius 2 is 2.08 bits per heavy atom. The predicted octanol–water partition coefficient (Wildman–Crippen LogP) is 4.80. The zero-order valence-corrected chi connectivity index (χ0v) is 16.9. The molecule has 0 spiro atoms. The average Bonchev–Trinajstić information content (AvgIpc) is 3.00. The molecule has 0 bridgehead atoms. The van der Waals surface area contributed by atoms with Crippen LogP contribution < -0.4 is 5.56 Å². The van der Waals surface area contributed by atoms with Gasteiger partial charge in [-0.2, -0.15) is 0 Å². The number of para-hydroxylation sites is 1. The topological polar surface area (TPSA) is 44.1 Å². The Labute approximate surface area is 161 Å². The molecule has 1 aliphatic heterocycles. The van der Waals surface area contributed by atoms with E-state index in [1.165, 1.54) is 0 Å². The molecular formula is C20H22N2O2S2. The standard InChI is InChI=1S/C20H22N2O2S2/c1-4-20(3)11-14-15(12-24-20)26-17-16(14)18(23)22(19(21-17)25-5-2)13-9-7-6-8-10-13/h6-10H,4-5,11-12H2,1-3H3/t20-/m0/s1. The molecule has 3 aromatic rings. The minimum atomic E-state index is -0.206. The maximum Gasteiger partial charge on any atom is 0.267 e. The molecule has 0 unspecified atom stereocenters. The Bertz CT molecular complexity index is 1010. The van der Waals surface area contributed by atoms with E-state index in [0.717, 1.165) is 50.1 Å². The highest BCUT2D eigenvalue weighted by Gasteiger charge is 2.33. The maximum absolute atomic E-state index is 13.5. The summed E-state index contributed by atoms with van der Waals surface area (Å²) in [5.41, 5.74) is 1.83. The number of rotatable bonds is 4. The van der Waals surface area contributed by atoms with Crippen LogP contribution >= 0.6 is 23.1 Å². The Morgan fingerprint density at radius 1 is 1.31 bits per heavy atom. The molecule has 0 aliphatic carbocycles. The lowest BCUT2D eigenvalue weighted by atomic mass is 9.90. The molecule has 136 valence electrons. The van der Waals surface area contributed by atoms with Crippen LogP contribution in [0.3, 0.4) is 0 Å². The van der Waals surface area contributed by atoms with Crippen molar-refractivity contribution in [1.29, 1.82) is 0 Å². The lowest BCUT2D eigenvalue weighted by Crippen LogP contribution is -2.34. The fraction of sp³-hybridized carbons (Fsp3) is 0.400. The molecular weight excluding hydrogens is 364 g/mol. The van der Waals surface area contributed by atoms with Gasteiger partial charge in [0, 0.05) is 11.3 Å². The van der Waals surface area contributed by atoms with Gasteiger partial charge in [-0.25, -0.2) is 4.98 Å². The van der Waals surface area contributed by atoms with Crippen LogP contribution in [0.1, 0.15) is 37.6 Å². The van der Waals surface area contributed by atoms with Crippen molar-refractivity contribution in [3.8, 4) is 5.69 Å². The summed E-state index contributed by atoms with van der Waals surface area (Å²) in [6, 6.07) is 9.80. The number of nitrogens with zero attached hydrogens (tertiary/aromatic N) is 2. The largest absolute Gasteiger partial charge is 0.369 e. The van der Waals surface area contributed by atoms with E-state index < -0.39 is 0 Å². The molecule has 0 saturated heterocycles. The quantitative estimate of drug-likeness (QED) is 0.477. The molecule has 0 amide bonds. The summed E-state index contributed by atoms with van der Waals surface area (Å²) in [6.45, 7) is 6.91. The number of thiophene rings is 1. The third kappa shape index (κ3) is 2.90. The minimum Gasteiger partial charge on any atom is -0.369 e. The first-order chi connectivity index (χ1) is 12.6. The number of benzene rings is 1. The van der Waals surface area contributed by atoms with E-state index in [0.29, 0.717) is 6.61 Å². The second-order valence-corrected chi connectivity index (χ2v) is 9.07. The summed E-state index contributed by atoms with van der Waals surface area (Å²) < 4.78 is 7.84. The van der Waals surface area contributed by atoms with Gasteiger partial charge in [0.1, 0.15) is 4.83 Å². The number of thioether (sulfide) groups is 1. The van der Waals surface area contributed by atoms with Crippen molar-refractivity contribution in [2.75, 3.05) is 5.75 Å². The van der Waals surface area contributed by atoms with Crippen molar-refractivity contribution in [2.24, 2.45) is 0 Å². The molecule has 4 rings (SSSR count). The van der Waals surface area contributed by atoms with E-state index in [1.54, 1.807) is 27.7 Å². The highest BCUT2D eigenvalue weighted by molar-refractivity contribution is 7.99. The first-order valence-corrected chi connectivity index (χ1v) is 10.8. The second kappa shape index (κ2) is 6.83. The minimum absolute atomic E-state index is 0.0370. The van der Waals surface area contributed by atoms with Crippen LogP contribution in [0.4, 0.5) is 0 Å². The molecule has 1 atom stereocenters. The summed E-state index contributed by atoms with van der Waals surface area (Å²) in [7, 11) is 0. The predicted molar refractivity (Wildman–Crippen MR) is 109 cm³/mol. The van der Waals surface area contributed by atoms with E-state index in [4.69, 9.17) is 9.72 Å². The first-order valence-electron chi connectivity index (χ1n) is 8.96. The molecule has 2 aromatic heterocycles. The van der Waals surface area contributed by atoms with Crippen LogP contribution in [0.5, 0.6) is 0 Å². The van der Waals surface area contributed by atoms with Crippen LogP contribution in [0, 0.1) is 0 Å². The number of ether oxygens (including phenoxy) is 1. The third-order valence-electron chi connectivity index (χ3n) is 5.02. The molecule has 6 heteroatoms. The van der Waals surface area contributed by atoms with Gasteiger partial charge in [0.15, 0.2) is 5.16 Å². The molecule has 0 N–H and O–H groups in total. The summed E-state index contributed by atoms with van der Waals surface area (Å²) in [6.07, 6.45) is 1.69. The number of hydrogen-bond donors (Lipinski definition) is 0. The van der Waals surface area contributed by atoms with Crippen molar-refractivity contribution in [2.45, 2.75) is 51.0 Å². The van der Waals surface area contributed by atoms with Crippen molar-refractivity contribution in [3.63, 3.8) is 0 Å². The number of fused-ring (bicyclic) bond motifs is 3. The Morgan fingerprint density at radius 3 is 2.77 bits per heavy atom. The van der Waals surface area contributed by atoms with E-state index in [1.807, 2.05) is 30.3 Å². The lowest BCUT2D eigenvalue weighted by Gasteiger charge is -2.32. The van der Waals surface area contributed by atoms with Gasteiger partial charge in [-0.3, -0.25) is 9.36 Å². The highest BCUT2D eigenvalue weighted by atomic mass is 32.2. The monoisotopic (exact) mass is 386 g/mol. The van der Waals surface area contributed by atoms with E-state index >= 15 is 0 Å². The van der Waals surface area contributed by atoms with Crippen LogP contribution in [-0.2, 0) is 17.8 Å². The normalized spacial score (nSPS) is 19.7. The molecule has 26 heavy (non-hydrogen) atoms. The lowest BCUT2D eigenvalue weighted by molar-refractivity contribution is -0.0543. The molecule has 4 nitrogen and oxygen atoms in total. The van der Waals surface area contributed by atoms with Crippen molar-refractivity contribution < 1.29 is 4.74 Å². The Hall–Kier alpha value is -1.63. The maximum atomic E-state index is 13.5. The van der Waals surface area contributed by atoms with Gasteiger partial charge in [-0.1, -0.05) is 43.8 Å². The van der Waals surface area contributed by atoms with Gasteiger partial charge in [-0.15, -0.1) is 11.3 Å². The third-order valence-corrected chi connectivity index (χ3v) is 6.94. The van der Waals surface area contributed by atoms with Gasteiger partial charge in [-0.05, 0) is 36.8 Å². The molecule has 0 saturated carbocycles. The van der Waals surface area contributed by atoms with Gasteiger partial charge >= 0.3 is 0 Å². The number of aromatic nitrogens is 2. The van der Waals surface area contributed by atoms with Crippen LogP contribution in [0.2, 0.25) is 0 Å². The van der Waals surface area contributed by atoms with Crippen LogP contribution in [-0.4, -0.2) is 20.9 Å². The van der Waals surface area contributed by atoms with Gasteiger partial charge in [0.05, 0.1) is 23.3 Å². The molecule has 1 aliphatic rings. The summed E-state index contributed by atoms with van der Waals surface area (Å²) in [4.78, 5) is 20.4. The molecule has 3 heterocycles. The number of hydrogen-bond acceptors (Lipinski definition) is 5. The fourth-order valence-electron chi connectivity index (χ4n) is 3.36. The zero-order valence-electron chi connectivity index (χ0n) is 15.2. The molecule has 1 aromatic carbocycles. The first kappa shape index (κ1) is 17.8. The molecule has 0 fully saturated rings. The smallest absolute Gasteiger partial charge is 0.267 e. The van der Waals surface area contributed by atoms with Crippen LogP contribution in [0.25, 0.3) is 15.9 Å². The van der Waals surface area contributed by atoms with E-state index in [-0.39, 0.29) is 11.2 Å². The molecule has 0 radical (unpaired) electrons. The highest BCUT2D eigenvalue weighted by Crippen LogP contribution is 2.39. The average molecular weight is 387 g/mol. The second-order valence-electron chi connectivity index (χ2n) is 6.76. The fourth-order valence-corrected chi connectivity index (χ4v) is 5.24. The van der Waals surface area contributed by atoms with E-state index in [9.17, 15) is 4.79 Å². The van der Waals surface area contributed by atoms with Crippen molar-refractivity contribution in [1.82, 2.24) is 9.55 Å². The summed E-state index contributed by atoms with van der Waals surface area (Å²) in [5, 5.41) is 1.53.